The average molecular weight is 624 g/mol. The quantitative estimate of drug-likeness (QED) is 0.343. The molecule has 4 heterocycles. The molecule has 13 heteroatoms. The first-order chi connectivity index (χ1) is 21.0. The molecule has 0 bridgehead atoms. The summed E-state index contributed by atoms with van der Waals surface area (Å²) >= 11 is 6.58. The zero-order chi connectivity index (χ0) is 31.2. The van der Waals surface area contributed by atoms with Crippen LogP contribution in [0.5, 0.6) is 0 Å². The molecule has 4 aromatic rings. The van der Waals surface area contributed by atoms with Gasteiger partial charge in [-0.25, -0.2) is 14.2 Å². The number of hydrogen-bond donors (Lipinski definition) is 2. The number of benzene rings is 2. The molecule has 0 aliphatic carbocycles. The maximum atomic E-state index is 13.6. The summed E-state index contributed by atoms with van der Waals surface area (Å²) in [7, 11) is 0. The van der Waals surface area contributed by atoms with Gasteiger partial charge < -0.3 is 19.8 Å². The SMILES string of the molecule is C[C@H]1CN(C(=O)O)[C@H](c2ccc(-n3c(Cl)cc4c(=O)n(CC5(O)CCN(C(=O)c6cccc(F)c6)CC5)cnc43)cc2)CO1. The number of halogens is 2. The first-order valence-corrected chi connectivity index (χ1v) is 14.7. The van der Waals surface area contributed by atoms with E-state index in [0.717, 1.165) is 5.56 Å². The largest absolute Gasteiger partial charge is 0.465 e. The van der Waals surface area contributed by atoms with Gasteiger partial charge in [-0.2, -0.15) is 0 Å². The standard InChI is InChI=1S/C31H31ClFN5O6/c1-19-15-37(30(41)42)25(16-44-19)20-5-7-23(8-6-20)38-26(32)14-24-27(38)34-18-36(29(24)40)17-31(43)9-11-35(12-10-31)28(39)21-3-2-4-22(33)13-21/h2-8,13-14,18-19,25,43H,9-12,15-17H2,1H3,(H,41,42)/t19-,25-/m0/s1. The highest BCUT2D eigenvalue weighted by atomic mass is 35.5. The first kappa shape index (κ1) is 29.8. The van der Waals surface area contributed by atoms with Crippen molar-refractivity contribution in [2.75, 3.05) is 26.2 Å². The molecule has 2 N–H and O–H groups in total. The van der Waals surface area contributed by atoms with Crippen LogP contribution in [0.15, 0.2) is 65.7 Å². The highest BCUT2D eigenvalue weighted by Gasteiger charge is 2.35. The van der Waals surface area contributed by atoms with E-state index in [2.05, 4.69) is 4.98 Å². The van der Waals surface area contributed by atoms with E-state index in [-0.39, 0.29) is 79.3 Å². The summed E-state index contributed by atoms with van der Waals surface area (Å²) in [4.78, 5) is 45.5. The van der Waals surface area contributed by atoms with Crippen LogP contribution in [0, 0.1) is 5.82 Å². The Labute approximate surface area is 256 Å². The fraction of sp³-hybridized carbons (Fsp3) is 0.355. The molecule has 2 atom stereocenters. The Bertz CT molecular complexity index is 1780. The summed E-state index contributed by atoms with van der Waals surface area (Å²) in [5.41, 5.74) is 0.377. The second kappa shape index (κ2) is 11.7. The van der Waals surface area contributed by atoms with Crippen LogP contribution < -0.4 is 5.56 Å². The lowest BCUT2D eigenvalue weighted by Crippen LogP contribution is -2.49. The van der Waals surface area contributed by atoms with Crippen molar-refractivity contribution < 1.29 is 28.9 Å². The number of ether oxygens (including phenoxy) is 1. The average Bonchev–Trinajstić information content (AvgIpc) is 3.35. The van der Waals surface area contributed by atoms with Gasteiger partial charge in [0.25, 0.3) is 11.5 Å². The number of aliphatic hydroxyl groups is 1. The van der Waals surface area contributed by atoms with E-state index < -0.39 is 23.6 Å². The van der Waals surface area contributed by atoms with Crippen LogP contribution in [0.4, 0.5) is 9.18 Å². The maximum absolute atomic E-state index is 13.6. The summed E-state index contributed by atoms with van der Waals surface area (Å²) < 4.78 is 22.3. The third-order valence-electron chi connectivity index (χ3n) is 8.41. The van der Waals surface area contributed by atoms with Gasteiger partial charge in [-0.05, 0) is 61.7 Å². The zero-order valence-electron chi connectivity index (χ0n) is 23.9. The van der Waals surface area contributed by atoms with Gasteiger partial charge in [0, 0.05) is 24.3 Å². The molecule has 2 saturated heterocycles. The van der Waals surface area contributed by atoms with Crippen molar-refractivity contribution in [2.24, 2.45) is 0 Å². The Morgan fingerprint density at radius 2 is 1.86 bits per heavy atom. The normalized spacial score (nSPS) is 20.2. The fourth-order valence-electron chi connectivity index (χ4n) is 5.99. The number of fused-ring (bicyclic) bond motifs is 1. The lowest BCUT2D eigenvalue weighted by atomic mass is 9.91. The number of nitrogens with zero attached hydrogens (tertiary/aromatic N) is 5. The minimum absolute atomic E-state index is 0.0174. The molecular formula is C31H31ClFN5O6. The second-order valence-corrected chi connectivity index (χ2v) is 11.8. The Kier molecular flexibility index (Phi) is 7.91. The summed E-state index contributed by atoms with van der Waals surface area (Å²) in [5, 5.41) is 21.5. The molecule has 11 nitrogen and oxygen atoms in total. The minimum Gasteiger partial charge on any atom is -0.465 e. The highest BCUT2D eigenvalue weighted by Crippen LogP contribution is 2.30. The summed E-state index contributed by atoms with van der Waals surface area (Å²) in [5.74, 6) is -0.800. The summed E-state index contributed by atoms with van der Waals surface area (Å²) in [6, 6.07) is 13.8. The van der Waals surface area contributed by atoms with E-state index in [1.807, 2.05) is 6.92 Å². The van der Waals surface area contributed by atoms with E-state index >= 15 is 0 Å². The number of carbonyl (C=O) groups excluding carboxylic acids is 1. The van der Waals surface area contributed by atoms with Gasteiger partial charge >= 0.3 is 6.09 Å². The van der Waals surface area contributed by atoms with Gasteiger partial charge in [-0.15, -0.1) is 0 Å². The number of carboxylic acid groups (broad SMARTS) is 1. The van der Waals surface area contributed by atoms with Crippen LogP contribution in [-0.2, 0) is 11.3 Å². The van der Waals surface area contributed by atoms with Crippen LogP contribution in [0.25, 0.3) is 16.7 Å². The Morgan fingerprint density at radius 3 is 2.55 bits per heavy atom. The summed E-state index contributed by atoms with van der Waals surface area (Å²) in [6.07, 6.45) is 0.640. The smallest absolute Gasteiger partial charge is 0.407 e. The molecule has 230 valence electrons. The molecule has 0 spiro atoms. The Hall–Kier alpha value is -4.26. The fourth-order valence-corrected chi connectivity index (χ4v) is 6.27. The van der Waals surface area contributed by atoms with Crippen LogP contribution in [0.1, 0.15) is 41.7 Å². The van der Waals surface area contributed by atoms with Crippen LogP contribution >= 0.6 is 11.6 Å². The van der Waals surface area contributed by atoms with Gasteiger partial charge in [-0.3, -0.25) is 23.6 Å². The van der Waals surface area contributed by atoms with E-state index in [1.165, 1.54) is 40.1 Å². The third-order valence-corrected chi connectivity index (χ3v) is 8.69. The summed E-state index contributed by atoms with van der Waals surface area (Å²) in [6.45, 7) is 2.84. The molecule has 2 fully saturated rings. The van der Waals surface area contributed by atoms with Gasteiger partial charge in [-0.1, -0.05) is 29.8 Å². The highest BCUT2D eigenvalue weighted by molar-refractivity contribution is 6.31. The number of rotatable bonds is 5. The number of morpholine rings is 1. The Balaban J connectivity index is 1.19. The molecule has 2 aromatic carbocycles. The first-order valence-electron chi connectivity index (χ1n) is 14.3. The van der Waals surface area contributed by atoms with Gasteiger partial charge in [0.1, 0.15) is 17.3 Å². The molecule has 0 radical (unpaired) electrons. The molecule has 6 rings (SSSR count). The van der Waals surface area contributed by atoms with Gasteiger partial charge in [0.2, 0.25) is 0 Å². The number of hydrogen-bond acceptors (Lipinski definition) is 6. The monoisotopic (exact) mass is 623 g/mol. The van der Waals surface area contributed by atoms with Crippen molar-refractivity contribution in [3.8, 4) is 5.69 Å². The number of aromatic nitrogens is 3. The third kappa shape index (κ3) is 5.68. The van der Waals surface area contributed by atoms with Gasteiger partial charge in [0.15, 0.2) is 5.65 Å². The molecule has 2 amide bonds. The van der Waals surface area contributed by atoms with E-state index in [4.69, 9.17) is 16.3 Å². The second-order valence-electron chi connectivity index (χ2n) is 11.4. The topological polar surface area (TPSA) is 130 Å². The van der Waals surface area contributed by atoms with Crippen LogP contribution in [-0.4, -0.2) is 84.1 Å². The minimum atomic E-state index is -1.25. The van der Waals surface area contributed by atoms with Crippen molar-refractivity contribution in [3.63, 3.8) is 0 Å². The predicted molar refractivity (Wildman–Crippen MR) is 160 cm³/mol. The van der Waals surface area contributed by atoms with Crippen LogP contribution in [0.3, 0.4) is 0 Å². The Morgan fingerprint density at radius 1 is 1.14 bits per heavy atom. The van der Waals surface area contributed by atoms with Crippen molar-refractivity contribution in [2.45, 2.75) is 44.1 Å². The van der Waals surface area contributed by atoms with E-state index in [9.17, 15) is 29.0 Å². The van der Waals surface area contributed by atoms with Crippen molar-refractivity contribution in [1.82, 2.24) is 23.9 Å². The molecule has 44 heavy (non-hydrogen) atoms. The number of piperidine rings is 1. The number of carbonyl (C=O) groups is 2. The zero-order valence-corrected chi connectivity index (χ0v) is 24.7. The molecule has 0 unspecified atom stereocenters. The maximum Gasteiger partial charge on any atom is 0.407 e. The van der Waals surface area contributed by atoms with Crippen molar-refractivity contribution >= 4 is 34.6 Å². The molecule has 2 aliphatic heterocycles. The number of likely N-dealkylation sites (tertiary alicyclic amines) is 1. The molecule has 2 aliphatic rings. The molecule has 0 saturated carbocycles. The van der Waals surface area contributed by atoms with Crippen LogP contribution in [0.2, 0.25) is 5.15 Å². The predicted octanol–water partition coefficient (Wildman–Crippen LogP) is 4.09. The lowest BCUT2D eigenvalue weighted by Gasteiger charge is -2.38. The van der Waals surface area contributed by atoms with E-state index in [0.29, 0.717) is 11.3 Å². The van der Waals surface area contributed by atoms with Gasteiger partial charge in [0.05, 0.1) is 42.8 Å². The number of amides is 2. The lowest BCUT2D eigenvalue weighted by molar-refractivity contribution is -0.0465. The van der Waals surface area contributed by atoms with Crippen molar-refractivity contribution in [1.29, 1.82) is 0 Å². The molecular weight excluding hydrogens is 593 g/mol. The molecule has 2 aromatic heterocycles. The van der Waals surface area contributed by atoms with E-state index in [1.54, 1.807) is 39.8 Å². The van der Waals surface area contributed by atoms with Crippen molar-refractivity contribution in [3.05, 3.63) is 93.4 Å².